The van der Waals surface area contributed by atoms with E-state index in [1.807, 2.05) is 32.0 Å². The summed E-state index contributed by atoms with van der Waals surface area (Å²) < 4.78 is 2.53. The molecule has 3 aromatic rings. The summed E-state index contributed by atoms with van der Waals surface area (Å²) in [5.41, 5.74) is 4.76. The molecule has 0 amide bonds. The second kappa shape index (κ2) is 7.53. The normalized spacial score (nSPS) is 13.6. The number of benzene rings is 1. The van der Waals surface area contributed by atoms with Crippen LogP contribution < -0.4 is 5.56 Å². The smallest absolute Gasteiger partial charge is 0.280 e. The first kappa shape index (κ1) is 18.9. The molecule has 0 radical (unpaired) electrons. The number of aliphatic imine (C=N–C) groups is 1. The molecule has 0 bridgehead atoms. The van der Waals surface area contributed by atoms with E-state index in [2.05, 4.69) is 32.1 Å². The molecule has 0 atom stereocenters. The molecule has 0 aliphatic heterocycles. The zero-order chi connectivity index (χ0) is 19.8. The Kier molecular flexibility index (Phi) is 5.09. The van der Waals surface area contributed by atoms with Gasteiger partial charge in [0.05, 0.1) is 16.8 Å². The van der Waals surface area contributed by atoms with Gasteiger partial charge in [0.15, 0.2) is 0 Å². The maximum atomic E-state index is 12.9. The Hall–Kier alpha value is -2.43. The van der Waals surface area contributed by atoms with E-state index in [1.54, 1.807) is 17.6 Å². The van der Waals surface area contributed by atoms with Gasteiger partial charge in [0, 0.05) is 21.3 Å². The van der Waals surface area contributed by atoms with Gasteiger partial charge in [-0.3, -0.25) is 9.89 Å². The Morgan fingerprint density at radius 2 is 2.11 bits per heavy atom. The first-order valence-electron chi connectivity index (χ1n) is 9.16. The van der Waals surface area contributed by atoms with Crippen LogP contribution in [0.15, 0.2) is 32.5 Å². The predicted octanol–water partition coefficient (Wildman–Crippen LogP) is 5.11. The number of H-pyrrole nitrogens is 1. The van der Waals surface area contributed by atoms with Crippen LogP contribution in [0.2, 0.25) is 0 Å². The molecule has 4 rings (SSSR count). The van der Waals surface area contributed by atoms with E-state index in [0.29, 0.717) is 16.1 Å². The van der Waals surface area contributed by atoms with Crippen LogP contribution in [0.25, 0.3) is 5.69 Å². The maximum Gasteiger partial charge on any atom is 0.280 e. The number of nitrogens with one attached hydrogen (secondary N) is 1. The average molecular weight is 455 g/mol. The summed E-state index contributed by atoms with van der Waals surface area (Å²) in [4.78, 5) is 18.7. The van der Waals surface area contributed by atoms with E-state index in [-0.39, 0.29) is 5.56 Å². The summed E-state index contributed by atoms with van der Waals surface area (Å²) >= 11 is 5.06. The molecule has 28 heavy (non-hydrogen) atoms. The lowest BCUT2D eigenvalue weighted by Crippen LogP contribution is -2.17. The highest BCUT2D eigenvalue weighted by Crippen LogP contribution is 2.39. The van der Waals surface area contributed by atoms with Crippen molar-refractivity contribution in [1.29, 1.82) is 5.26 Å². The first-order chi connectivity index (χ1) is 13.5. The first-order valence-corrected chi connectivity index (χ1v) is 10.8. The van der Waals surface area contributed by atoms with Crippen LogP contribution in [0.5, 0.6) is 0 Å². The van der Waals surface area contributed by atoms with E-state index in [1.165, 1.54) is 9.56 Å². The van der Waals surface area contributed by atoms with Crippen LogP contribution in [-0.4, -0.2) is 16.0 Å². The monoisotopic (exact) mass is 454 g/mol. The van der Waals surface area contributed by atoms with Crippen LogP contribution in [-0.2, 0) is 12.8 Å². The van der Waals surface area contributed by atoms with E-state index in [0.717, 1.165) is 52.7 Å². The van der Waals surface area contributed by atoms with E-state index < -0.39 is 0 Å². The molecule has 5 nitrogen and oxygen atoms in total. The van der Waals surface area contributed by atoms with Gasteiger partial charge in [0.1, 0.15) is 11.1 Å². The molecule has 1 N–H and O–H groups in total. The van der Waals surface area contributed by atoms with Gasteiger partial charge in [0.2, 0.25) is 0 Å². The van der Waals surface area contributed by atoms with Gasteiger partial charge in [-0.2, -0.15) is 5.26 Å². The third-order valence-electron chi connectivity index (χ3n) is 5.09. The molecule has 0 saturated heterocycles. The zero-order valence-corrected chi connectivity index (χ0v) is 18.1. The van der Waals surface area contributed by atoms with Crippen molar-refractivity contribution in [3.8, 4) is 11.8 Å². The van der Waals surface area contributed by atoms with Crippen molar-refractivity contribution in [2.45, 2.75) is 39.5 Å². The number of halogens is 1. The lowest BCUT2D eigenvalue weighted by molar-refractivity contribution is 0.696. The highest BCUT2D eigenvalue weighted by atomic mass is 79.9. The minimum absolute atomic E-state index is 0.150. The predicted molar refractivity (Wildman–Crippen MR) is 116 cm³/mol. The summed E-state index contributed by atoms with van der Waals surface area (Å²) in [6.07, 6.45) is 5.84. The Bertz CT molecular complexity index is 1190. The topological polar surface area (TPSA) is 73.9 Å². The fourth-order valence-corrected chi connectivity index (χ4v) is 4.97. The molecule has 142 valence electrons. The lowest BCUT2D eigenvalue weighted by Gasteiger charge is -2.09. The van der Waals surface area contributed by atoms with Crippen LogP contribution in [0.4, 0.5) is 5.00 Å². The van der Waals surface area contributed by atoms with Gasteiger partial charge in [-0.25, -0.2) is 9.67 Å². The Labute approximate surface area is 175 Å². The third kappa shape index (κ3) is 3.27. The number of rotatable bonds is 3. The van der Waals surface area contributed by atoms with E-state index in [4.69, 9.17) is 0 Å². The van der Waals surface area contributed by atoms with Gasteiger partial charge >= 0.3 is 0 Å². The van der Waals surface area contributed by atoms with Crippen LogP contribution >= 0.6 is 27.3 Å². The molecule has 2 aromatic heterocycles. The molecule has 1 aliphatic rings. The largest absolute Gasteiger partial charge is 0.295 e. The maximum absolute atomic E-state index is 12.9. The van der Waals surface area contributed by atoms with Crippen LogP contribution in [0.1, 0.15) is 45.7 Å². The fraction of sp³-hybridized carbons (Fsp3) is 0.286. The number of hydrogen-bond donors (Lipinski definition) is 1. The number of aromatic nitrogens is 2. The minimum Gasteiger partial charge on any atom is -0.295 e. The van der Waals surface area contributed by atoms with Gasteiger partial charge in [-0.05, 0) is 68.9 Å². The van der Waals surface area contributed by atoms with Crippen molar-refractivity contribution >= 4 is 38.5 Å². The number of fused-ring (bicyclic) bond motifs is 1. The molecule has 0 unspecified atom stereocenters. The summed E-state index contributed by atoms with van der Waals surface area (Å²) in [7, 11) is 0. The SMILES string of the molecule is Cc1cc(-n2[nH]c(C)c(C=Nc3sc4c(c3C#N)CCCC4)c2=O)ccc1Br. The highest BCUT2D eigenvalue weighted by Gasteiger charge is 2.20. The number of nitriles is 1. The number of hydrogen-bond acceptors (Lipinski definition) is 4. The van der Waals surface area contributed by atoms with Crippen molar-refractivity contribution in [3.63, 3.8) is 0 Å². The average Bonchev–Trinajstić information content (AvgIpc) is 3.19. The molecular weight excluding hydrogens is 436 g/mol. The second-order valence-corrected chi connectivity index (χ2v) is 8.92. The molecule has 1 aromatic carbocycles. The van der Waals surface area contributed by atoms with Crippen LogP contribution in [0, 0.1) is 25.2 Å². The number of thiophene rings is 1. The van der Waals surface area contributed by atoms with E-state index >= 15 is 0 Å². The molecule has 0 spiro atoms. The summed E-state index contributed by atoms with van der Waals surface area (Å²) in [5, 5.41) is 13.4. The quantitative estimate of drug-likeness (QED) is 0.558. The molecular formula is C21H19BrN4OS. The molecule has 0 saturated carbocycles. The minimum atomic E-state index is -0.150. The molecule has 7 heteroatoms. The standard InChI is InChI=1S/C21H19BrN4OS/c1-12-9-14(7-8-18(12)22)26-21(27)17(13(2)25-26)11-24-20-16(10-23)15-5-3-4-6-19(15)28-20/h7-9,11,25H,3-6H2,1-2H3. The Balaban J connectivity index is 1.73. The Morgan fingerprint density at radius 1 is 1.32 bits per heavy atom. The van der Waals surface area contributed by atoms with Crippen molar-refractivity contribution < 1.29 is 0 Å². The molecule has 2 heterocycles. The van der Waals surface area contributed by atoms with Gasteiger partial charge < -0.3 is 0 Å². The summed E-state index contributed by atoms with van der Waals surface area (Å²) in [6.45, 7) is 3.84. The summed E-state index contributed by atoms with van der Waals surface area (Å²) in [5.74, 6) is 0. The third-order valence-corrected chi connectivity index (χ3v) is 7.18. The van der Waals surface area contributed by atoms with Crippen molar-refractivity contribution in [2.75, 3.05) is 0 Å². The zero-order valence-electron chi connectivity index (χ0n) is 15.7. The van der Waals surface area contributed by atoms with Crippen molar-refractivity contribution in [2.24, 2.45) is 4.99 Å². The number of aryl methyl sites for hydroxylation is 3. The second-order valence-electron chi connectivity index (χ2n) is 6.99. The van der Waals surface area contributed by atoms with Gasteiger partial charge in [-0.15, -0.1) is 11.3 Å². The van der Waals surface area contributed by atoms with Crippen LogP contribution in [0.3, 0.4) is 0 Å². The van der Waals surface area contributed by atoms with Gasteiger partial charge in [-0.1, -0.05) is 15.9 Å². The molecule has 1 aliphatic carbocycles. The van der Waals surface area contributed by atoms with E-state index in [9.17, 15) is 10.1 Å². The highest BCUT2D eigenvalue weighted by molar-refractivity contribution is 9.10. The Morgan fingerprint density at radius 3 is 2.86 bits per heavy atom. The molecule has 0 fully saturated rings. The lowest BCUT2D eigenvalue weighted by atomic mass is 9.96. The van der Waals surface area contributed by atoms with Crippen molar-refractivity contribution in [1.82, 2.24) is 9.78 Å². The van der Waals surface area contributed by atoms with Crippen molar-refractivity contribution in [3.05, 3.63) is 65.9 Å². The van der Waals surface area contributed by atoms with Gasteiger partial charge in [0.25, 0.3) is 5.56 Å². The number of nitrogens with zero attached hydrogens (tertiary/aromatic N) is 3. The number of aromatic amines is 1. The fourth-order valence-electron chi connectivity index (χ4n) is 3.54. The summed E-state index contributed by atoms with van der Waals surface area (Å²) in [6, 6.07) is 8.07.